The van der Waals surface area contributed by atoms with Gasteiger partial charge in [0.05, 0.1) is 6.07 Å². The van der Waals surface area contributed by atoms with Crippen LogP contribution in [0.3, 0.4) is 0 Å². The van der Waals surface area contributed by atoms with E-state index in [0.717, 1.165) is 38.6 Å². The molecule has 1 aliphatic rings. The van der Waals surface area contributed by atoms with Crippen molar-refractivity contribution in [1.29, 1.82) is 5.26 Å². The van der Waals surface area contributed by atoms with Gasteiger partial charge in [0.2, 0.25) is 0 Å². The third kappa shape index (κ3) is 9.26. The smallest absolute Gasteiger partial charge is 0.0587 e. The minimum Gasteiger partial charge on any atom is -0.300 e. The standard InChI is InChI=1S/C28H39Cl2N.C2H3N/c1-3-20-31(21-19-22-9-6-5-7-10-22)25(4-2)18-15-23-13-16-24(17-14-23)28-26(29)11-8-12-27(28)30;1-2-3/h5-7,9-10,13-14,16-17,25-28H,3-4,8,11-12,15,18-21H2,1-2H3;1H3. The molecule has 1 saturated carbocycles. The first kappa shape index (κ1) is 28.7. The summed E-state index contributed by atoms with van der Waals surface area (Å²) in [6.07, 6.45) is 9.18. The van der Waals surface area contributed by atoms with Crippen LogP contribution < -0.4 is 0 Å². The molecule has 0 radical (unpaired) electrons. The van der Waals surface area contributed by atoms with Crippen LogP contribution in [0.4, 0.5) is 0 Å². The number of rotatable bonds is 11. The molecule has 2 aromatic carbocycles. The average Bonchev–Trinajstić information content (AvgIpc) is 2.84. The van der Waals surface area contributed by atoms with Crippen LogP contribution in [-0.4, -0.2) is 34.8 Å². The first-order valence-electron chi connectivity index (χ1n) is 13.0. The van der Waals surface area contributed by atoms with Gasteiger partial charge in [0.15, 0.2) is 0 Å². The Morgan fingerprint density at radius 1 is 0.912 bits per heavy atom. The Morgan fingerprint density at radius 2 is 1.50 bits per heavy atom. The van der Waals surface area contributed by atoms with Crippen LogP contribution in [0, 0.1) is 11.3 Å². The van der Waals surface area contributed by atoms with Gasteiger partial charge in [-0.2, -0.15) is 5.26 Å². The molecule has 3 rings (SSSR count). The van der Waals surface area contributed by atoms with Crippen molar-refractivity contribution in [2.24, 2.45) is 0 Å². The van der Waals surface area contributed by atoms with E-state index in [9.17, 15) is 0 Å². The second-order valence-electron chi connectivity index (χ2n) is 9.33. The normalized spacial score (nSPS) is 20.8. The Kier molecular flexibility index (Phi) is 13.7. The Hall–Kier alpha value is -1.53. The van der Waals surface area contributed by atoms with Crippen molar-refractivity contribution in [3.63, 3.8) is 0 Å². The molecule has 2 aromatic rings. The van der Waals surface area contributed by atoms with Crippen molar-refractivity contribution in [3.05, 3.63) is 71.3 Å². The van der Waals surface area contributed by atoms with Crippen LogP contribution >= 0.6 is 23.2 Å². The van der Waals surface area contributed by atoms with Crippen molar-refractivity contribution in [1.82, 2.24) is 4.90 Å². The number of halogens is 2. The number of benzene rings is 2. The summed E-state index contributed by atoms with van der Waals surface area (Å²) in [6.45, 7) is 8.38. The lowest BCUT2D eigenvalue weighted by Crippen LogP contribution is -2.37. The molecule has 4 heteroatoms. The molecule has 34 heavy (non-hydrogen) atoms. The van der Waals surface area contributed by atoms with Gasteiger partial charge < -0.3 is 4.90 Å². The van der Waals surface area contributed by atoms with Gasteiger partial charge in [-0.05, 0) is 68.2 Å². The number of hydrogen-bond donors (Lipinski definition) is 0. The maximum atomic E-state index is 7.32. The Balaban J connectivity index is 0.00000129. The molecule has 1 aliphatic carbocycles. The number of nitriles is 1. The fourth-order valence-electron chi connectivity index (χ4n) is 5.08. The summed E-state index contributed by atoms with van der Waals surface area (Å²) < 4.78 is 0. The molecule has 0 saturated heterocycles. The first-order chi connectivity index (χ1) is 16.5. The van der Waals surface area contributed by atoms with Crippen LogP contribution in [0.15, 0.2) is 54.6 Å². The van der Waals surface area contributed by atoms with Gasteiger partial charge in [0.25, 0.3) is 0 Å². The van der Waals surface area contributed by atoms with E-state index < -0.39 is 0 Å². The van der Waals surface area contributed by atoms with Gasteiger partial charge in [0.1, 0.15) is 0 Å². The second-order valence-corrected chi connectivity index (χ2v) is 10.4. The zero-order valence-corrected chi connectivity index (χ0v) is 22.7. The van der Waals surface area contributed by atoms with Gasteiger partial charge in [-0.15, -0.1) is 23.2 Å². The molecule has 0 bridgehead atoms. The quantitative estimate of drug-likeness (QED) is 0.289. The maximum absolute atomic E-state index is 7.32. The Bertz CT molecular complexity index is 821. The second kappa shape index (κ2) is 16.2. The summed E-state index contributed by atoms with van der Waals surface area (Å²) in [6, 6.07) is 22.4. The summed E-state index contributed by atoms with van der Waals surface area (Å²) >= 11 is 13.2. The Morgan fingerprint density at radius 3 is 2.06 bits per heavy atom. The molecule has 3 atom stereocenters. The van der Waals surface area contributed by atoms with E-state index in [0.29, 0.717) is 6.04 Å². The van der Waals surface area contributed by atoms with Gasteiger partial charge in [-0.1, -0.05) is 74.9 Å². The average molecular weight is 502 g/mol. The fourth-order valence-corrected chi connectivity index (χ4v) is 6.10. The van der Waals surface area contributed by atoms with E-state index in [-0.39, 0.29) is 16.7 Å². The molecular weight excluding hydrogens is 459 g/mol. The SMILES string of the molecule is CC#N.CCCN(CCc1ccccc1)C(CC)CCc1ccc(C2C(Cl)CCCC2Cl)cc1. The van der Waals surface area contributed by atoms with Crippen LogP contribution in [0.25, 0.3) is 0 Å². The third-order valence-electron chi connectivity index (χ3n) is 6.90. The largest absolute Gasteiger partial charge is 0.300 e. The molecule has 0 aliphatic heterocycles. The molecule has 0 amide bonds. The number of aryl methyl sites for hydroxylation is 1. The zero-order chi connectivity index (χ0) is 24.8. The number of hydrogen-bond acceptors (Lipinski definition) is 2. The maximum Gasteiger partial charge on any atom is 0.0587 e. The summed E-state index contributed by atoms with van der Waals surface area (Å²) in [7, 11) is 0. The number of alkyl halides is 2. The van der Waals surface area contributed by atoms with E-state index >= 15 is 0 Å². The molecule has 1 fully saturated rings. The fraction of sp³-hybridized carbons (Fsp3) is 0.567. The van der Waals surface area contributed by atoms with Gasteiger partial charge in [-0.25, -0.2) is 0 Å². The van der Waals surface area contributed by atoms with E-state index in [1.165, 1.54) is 49.4 Å². The lowest BCUT2D eigenvalue weighted by atomic mass is 9.83. The summed E-state index contributed by atoms with van der Waals surface area (Å²) in [4.78, 5) is 2.71. The first-order valence-corrected chi connectivity index (χ1v) is 13.9. The predicted octanol–water partition coefficient (Wildman–Crippen LogP) is 8.36. The molecule has 0 spiro atoms. The van der Waals surface area contributed by atoms with Crippen molar-refractivity contribution in [3.8, 4) is 6.07 Å². The predicted molar refractivity (Wildman–Crippen MR) is 148 cm³/mol. The van der Waals surface area contributed by atoms with Crippen molar-refractivity contribution < 1.29 is 0 Å². The lowest BCUT2D eigenvalue weighted by molar-refractivity contribution is 0.183. The van der Waals surface area contributed by atoms with Crippen molar-refractivity contribution in [2.75, 3.05) is 13.1 Å². The molecule has 0 heterocycles. The van der Waals surface area contributed by atoms with E-state index in [1.807, 2.05) is 0 Å². The molecule has 186 valence electrons. The highest BCUT2D eigenvalue weighted by molar-refractivity contribution is 6.24. The lowest BCUT2D eigenvalue weighted by Gasteiger charge is -2.32. The van der Waals surface area contributed by atoms with Crippen LogP contribution in [0.5, 0.6) is 0 Å². The van der Waals surface area contributed by atoms with Crippen molar-refractivity contribution >= 4 is 23.2 Å². The topological polar surface area (TPSA) is 27.0 Å². The summed E-state index contributed by atoms with van der Waals surface area (Å²) in [5.41, 5.74) is 4.17. The summed E-state index contributed by atoms with van der Waals surface area (Å²) in [5, 5.41) is 7.65. The van der Waals surface area contributed by atoms with Crippen LogP contribution in [-0.2, 0) is 12.8 Å². The molecule has 2 nitrogen and oxygen atoms in total. The molecular formula is C30H42Cl2N2. The zero-order valence-electron chi connectivity index (χ0n) is 21.2. The Labute approximate surface area is 218 Å². The molecule has 3 unspecified atom stereocenters. The minimum absolute atomic E-state index is 0.166. The van der Waals surface area contributed by atoms with E-state index in [4.69, 9.17) is 28.5 Å². The monoisotopic (exact) mass is 500 g/mol. The van der Waals surface area contributed by atoms with E-state index in [2.05, 4.69) is 73.3 Å². The van der Waals surface area contributed by atoms with Crippen LogP contribution in [0.2, 0.25) is 0 Å². The van der Waals surface area contributed by atoms with Crippen molar-refractivity contribution in [2.45, 2.75) is 94.9 Å². The molecule has 0 N–H and O–H groups in total. The van der Waals surface area contributed by atoms with Gasteiger partial charge in [-0.3, -0.25) is 0 Å². The van der Waals surface area contributed by atoms with Gasteiger partial charge >= 0.3 is 0 Å². The summed E-state index contributed by atoms with van der Waals surface area (Å²) in [5.74, 6) is 0.285. The molecule has 0 aromatic heterocycles. The highest BCUT2D eigenvalue weighted by Gasteiger charge is 2.32. The number of nitrogens with zero attached hydrogens (tertiary/aromatic N) is 2. The van der Waals surface area contributed by atoms with Gasteiger partial charge in [0, 0.05) is 36.2 Å². The van der Waals surface area contributed by atoms with Crippen LogP contribution in [0.1, 0.15) is 81.9 Å². The highest BCUT2D eigenvalue weighted by atomic mass is 35.5. The minimum atomic E-state index is 0.166. The van der Waals surface area contributed by atoms with E-state index in [1.54, 1.807) is 6.07 Å². The third-order valence-corrected chi connectivity index (χ3v) is 7.88. The highest BCUT2D eigenvalue weighted by Crippen LogP contribution is 2.39.